The Bertz CT molecular complexity index is 1480. The Morgan fingerprint density at radius 2 is 1.57 bits per heavy atom. The lowest BCUT2D eigenvalue weighted by Crippen LogP contribution is -2.30. The van der Waals surface area contributed by atoms with Gasteiger partial charge >= 0.3 is 0 Å². The maximum atomic E-state index is 13.7. The van der Waals surface area contributed by atoms with Gasteiger partial charge < -0.3 is 10.6 Å². The molecule has 178 valence electrons. The van der Waals surface area contributed by atoms with Gasteiger partial charge in [0.2, 0.25) is 11.8 Å². The number of fused-ring (bicyclic) bond motifs is 1. The Labute approximate surface area is 203 Å². The van der Waals surface area contributed by atoms with Crippen LogP contribution in [0.1, 0.15) is 30.0 Å². The number of amides is 2. The van der Waals surface area contributed by atoms with Crippen LogP contribution in [0.25, 0.3) is 22.3 Å². The standard InChI is InChI=1S/C28H28N4O3/c1-5-25(33)30-22-11-10-17(2)15-21(22)27-28(35)32(24-9-7-6-8-23(24)31-27)16-26(34)29-20-13-18(3)12-19(4)14-20/h6-15H,5,16H2,1-4H3,(H,29,34)(H,30,33). The Balaban J connectivity index is 1.81. The van der Waals surface area contributed by atoms with E-state index < -0.39 is 5.56 Å². The highest BCUT2D eigenvalue weighted by molar-refractivity contribution is 5.96. The van der Waals surface area contributed by atoms with Crippen LogP contribution in [0.4, 0.5) is 11.4 Å². The lowest BCUT2D eigenvalue weighted by atomic mass is 10.1. The van der Waals surface area contributed by atoms with Crippen molar-refractivity contribution < 1.29 is 9.59 Å². The smallest absolute Gasteiger partial charge is 0.278 e. The van der Waals surface area contributed by atoms with E-state index in [1.807, 2.05) is 57.2 Å². The zero-order chi connectivity index (χ0) is 25.1. The van der Waals surface area contributed by atoms with E-state index in [1.54, 1.807) is 31.2 Å². The van der Waals surface area contributed by atoms with Crippen LogP contribution in [0.2, 0.25) is 0 Å². The number of nitrogens with one attached hydrogen (secondary N) is 2. The van der Waals surface area contributed by atoms with Gasteiger partial charge in [0.25, 0.3) is 5.56 Å². The lowest BCUT2D eigenvalue weighted by molar-refractivity contribution is -0.117. The Morgan fingerprint density at radius 3 is 2.29 bits per heavy atom. The SMILES string of the molecule is CCC(=O)Nc1ccc(C)cc1-c1nc2ccccc2n(CC(=O)Nc2cc(C)cc(C)c2)c1=O. The van der Waals surface area contributed by atoms with E-state index in [4.69, 9.17) is 0 Å². The molecule has 0 saturated heterocycles. The first kappa shape index (κ1) is 23.9. The van der Waals surface area contributed by atoms with Crippen molar-refractivity contribution in [3.8, 4) is 11.3 Å². The molecule has 35 heavy (non-hydrogen) atoms. The zero-order valence-electron chi connectivity index (χ0n) is 20.3. The van der Waals surface area contributed by atoms with E-state index in [-0.39, 0.29) is 24.1 Å². The number of rotatable bonds is 6. The second kappa shape index (κ2) is 9.93. The quantitative estimate of drug-likeness (QED) is 0.418. The van der Waals surface area contributed by atoms with E-state index in [0.717, 1.165) is 16.7 Å². The monoisotopic (exact) mass is 468 g/mol. The lowest BCUT2D eigenvalue weighted by Gasteiger charge is -2.15. The fourth-order valence-corrected chi connectivity index (χ4v) is 4.12. The third kappa shape index (κ3) is 5.30. The zero-order valence-corrected chi connectivity index (χ0v) is 20.3. The average molecular weight is 469 g/mol. The molecule has 0 atom stereocenters. The molecular formula is C28H28N4O3. The van der Waals surface area contributed by atoms with Crippen molar-refractivity contribution in [1.82, 2.24) is 9.55 Å². The predicted molar refractivity (Wildman–Crippen MR) is 140 cm³/mol. The largest absolute Gasteiger partial charge is 0.325 e. The van der Waals surface area contributed by atoms with E-state index in [9.17, 15) is 14.4 Å². The Kier molecular flexibility index (Phi) is 6.78. The third-order valence-electron chi connectivity index (χ3n) is 5.69. The highest BCUT2D eigenvalue weighted by Gasteiger charge is 2.18. The number of carbonyl (C=O) groups is 2. The summed E-state index contributed by atoms with van der Waals surface area (Å²) in [7, 11) is 0. The van der Waals surface area contributed by atoms with Crippen LogP contribution in [0.3, 0.4) is 0 Å². The van der Waals surface area contributed by atoms with Crippen molar-refractivity contribution in [2.75, 3.05) is 10.6 Å². The topological polar surface area (TPSA) is 93.1 Å². The van der Waals surface area contributed by atoms with Crippen LogP contribution in [0, 0.1) is 20.8 Å². The summed E-state index contributed by atoms with van der Waals surface area (Å²) in [5, 5.41) is 5.76. The van der Waals surface area contributed by atoms with Crippen molar-refractivity contribution in [3.63, 3.8) is 0 Å². The first-order chi connectivity index (χ1) is 16.7. The van der Waals surface area contributed by atoms with Crippen LogP contribution in [0.5, 0.6) is 0 Å². The van der Waals surface area contributed by atoms with E-state index in [1.165, 1.54) is 4.57 Å². The van der Waals surface area contributed by atoms with Gasteiger partial charge in [-0.25, -0.2) is 4.98 Å². The second-order valence-electron chi connectivity index (χ2n) is 8.72. The Morgan fingerprint density at radius 1 is 0.857 bits per heavy atom. The third-order valence-corrected chi connectivity index (χ3v) is 5.69. The van der Waals surface area contributed by atoms with Gasteiger partial charge in [0.05, 0.1) is 16.7 Å². The van der Waals surface area contributed by atoms with Gasteiger partial charge in [-0.3, -0.25) is 19.0 Å². The minimum atomic E-state index is -0.406. The van der Waals surface area contributed by atoms with Crippen molar-refractivity contribution in [1.29, 1.82) is 0 Å². The minimum Gasteiger partial charge on any atom is -0.325 e. The average Bonchev–Trinajstić information content (AvgIpc) is 2.81. The molecule has 0 fully saturated rings. The normalized spacial score (nSPS) is 10.9. The summed E-state index contributed by atoms with van der Waals surface area (Å²) >= 11 is 0. The molecule has 1 aromatic heterocycles. The first-order valence-corrected chi connectivity index (χ1v) is 11.5. The molecule has 1 heterocycles. The molecule has 0 radical (unpaired) electrons. The van der Waals surface area contributed by atoms with Gasteiger partial charge in [-0.05, 0) is 68.3 Å². The number of nitrogens with zero attached hydrogens (tertiary/aromatic N) is 2. The summed E-state index contributed by atoms with van der Waals surface area (Å²) in [6.45, 7) is 7.42. The predicted octanol–water partition coefficient (Wildman–Crippen LogP) is 4.98. The number of aromatic nitrogens is 2. The molecule has 2 amide bonds. The molecule has 7 heteroatoms. The molecule has 0 unspecified atom stereocenters. The van der Waals surface area contributed by atoms with Crippen LogP contribution in [-0.4, -0.2) is 21.4 Å². The van der Waals surface area contributed by atoms with Crippen LogP contribution in [-0.2, 0) is 16.1 Å². The number of hydrogen-bond acceptors (Lipinski definition) is 4. The summed E-state index contributed by atoms with van der Waals surface area (Å²) in [5.74, 6) is -0.479. The maximum Gasteiger partial charge on any atom is 0.278 e. The highest BCUT2D eigenvalue weighted by atomic mass is 16.2. The van der Waals surface area contributed by atoms with Gasteiger partial charge in [0.1, 0.15) is 12.2 Å². The number of benzene rings is 3. The number of carbonyl (C=O) groups excluding carboxylic acids is 2. The summed E-state index contributed by atoms with van der Waals surface area (Å²) in [6, 6.07) is 18.5. The minimum absolute atomic E-state index is 0.163. The van der Waals surface area contributed by atoms with Crippen LogP contribution in [0.15, 0.2) is 65.5 Å². The van der Waals surface area contributed by atoms with Crippen LogP contribution < -0.4 is 16.2 Å². The highest BCUT2D eigenvalue weighted by Crippen LogP contribution is 2.27. The van der Waals surface area contributed by atoms with E-state index in [0.29, 0.717) is 34.4 Å². The molecular weight excluding hydrogens is 440 g/mol. The van der Waals surface area contributed by atoms with Crippen molar-refractivity contribution in [2.45, 2.75) is 40.7 Å². The number of aryl methyl sites for hydroxylation is 3. The molecule has 7 nitrogen and oxygen atoms in total. The van der Waals surface area contributed by atoms with E-state index >= 15 is 0 Å². The molecule has 4 aromatic rings. The van der Waals surface area contributed by atoms with Gasteiger partial charge in [-0.1, -0.05) is 36.8 Å². The molecule has 2 N–H and O–H groups in total. The molecule has 3 aromatic carbocycles. The number of para-hydroxylation sites is 2. The summed E-state index contributed by atoms with van der Waals surface area (Å²) in [4.78, 5) is 43.5. The van der Waals surface area contributed by atoms with E-state index in [2.05, 4.69) is 15.6 Å². The van der Waals surface area contributed by atoms with Crippen LogP contribution >= 0.6 is 0 Å². The summed E-state index contributed by atoms with van der Waals surface area (Å²) in [6.07, 6.45) is 0.307. The maximum absolute atomic E-state index is 13.7. The van der Waals surface area contributed by atoms with Crippen molar-refractivity contribution in [3.05, 3.63) is 87.7 Å². The molecule has 0 aliphatic rings. The molecule has 0 spiro atoms. The summed E-state index contributed by atoms with van der Waals surface area (Å²) in [5.41, 5.74) is 5.62. The number of anilines is 2. The number of hydrogen-bond donors (Lipinski definition) is 2. The molecule has 0 bridgehead atoms. The summed E-state index contributed by atoms with van der Waals surface area (Å²) < 4.78 is 1.43. The molecule has 0 saturated carbocycles. The van der Waals surface area contributed by atoms with Gasteiger partial charge in [-0.15, -0.1) is 0 Å². The first-order valence-electron chi connectivity index (χ1n) is 11.5. The van der Waals surface area contributed by atoms with Gasteiger partial charge in [0.15, 0.2) is 0 Å². The fourth-order valence-electron chi connectivity index (χ4n) is 4.12. The second-order valence-corrected chi connectivity index (χ2v) is 8.72. The molecule has 0 aliphatic heterocycles. The fraction of sp³-hybridized carbons (Fsp3) is 0.214. The molecule has 0 aliphatic carbocycles. The van der Waals surface area contributed by atoms with Crippen molar-refractivity contribution >= 4 is 34.2 Å². The molecule has 4 rings (SSSR count). The van der Waals surface area contributed by atoms with Gasteiger partial charge in [0, 0.05) is 17.7 Å². The Hall–Kier alpha value is -4.26. The van der Waals surface area contributed by atoms with Gasteiger partial charge in [-0.2, -0.15) is 0 Å². The van der Waals surface area contributed by atoms with Crippen molar-refractivity contribution in [2.24, 2.45) is 0 Å².